The molecular formula is C21H15F5N2O. The third-order valence-corrected chi connectivity index (χ3v) is 4.28. The van der Waals surface area contributed by atoms with Crippen molar-refractivity contribution in [1.29, 1.82) is 0 Å². The standard InChI is InChI=1S/C21H15F5N2O/c22-12-15-9-8-14(11-17(15)23)18(28-20(29)13-5-2-1-3-6-13)19-16(21(24,25)26)7-4-10-27-19/h1-11,18H,12H2,(H,28,29)/t18-/m0/s1. The zero-order chi connectivity index (χ0) is 21.0. The Morgan fingerprint density at radius 3 is 2.38 bits per heavy atom. The fraction of sp³-hybridized carbons (Fsp3) is 0.143. The van der Waals surface area contributed by atoms with Crippen LogP contribution < -0.4 is 5.32 Å². The summed E-state index contributed by atoms with van der Waals surface area (Å²) in [7, 11) is 0. The second-order valence-corrected chi connectivity index (χ2v) is 6.19. The normalized spacial score (nSPS) is 12.4. The fourth-order valence-electron chi connectivity index (χ4n) is 2.85. The van der Waals surface area contributed by atoms with Crippen molar-refractivity contribution >= 4 is 5.91 Å². The van der Waals surface area contributed by atoms with Crippen molar-refractivity contribution in [3.05, 3.63) is 101 Å². The van der Waals surface area contributed by atoms with Gasteiger partial charge in [0.15, 0.2) is 0 Å². The Bertz CT molecular complexity index is 1010. The SMILES string of the molecule is O=C(N[C@@H](c1ccc(CF)c(F)c1)c1ncccc1C(F)(F)F)c1ccccc1. The summed E-state index contributed by atoms with van der Waals surface area (Å²) in [5.74, 6) is -1.59. The number of amides is 1. The van der Waals surface area contributed by atoms with Crippen molar-refractivity contribution in [2.75, 3.05) is 0 Å². The average molecular weight is 406 g/mol. The molecule has 0 radical (unpaired) electrons. The molecule has 1 heterocycles. The molecule has 0 spiro atoms. The summed E-state index contributed by atoms with van der Waals surface area (Å²) < 4.78 is 67.5. The molecule has 1 aromatic heterocycles. The van der Waals surface area contributed by atoms with E-state index in [1.54, 1.807) is 18.2 Å². The van der Waals surface area contributed by atoms with E-state index in [2.05, 4.69) is 10.3 Å². The maximum Gasteiger partial charge on any atom is 0.418 e. The summed E-state index contributed by atoms with van der Waals surface area (Å²) in [4.78, 5) is 16.4. The zero-order valence-electron chi connectivity index (χ0n) is 14.9. The molecule has 0 saturated heterocycles. The number of nitrogens with one attached hydrogen (secondary N) is 1. The van der Waals surface area contributed by atoms with E-state index in [0.717, 1.165) is 30.5 Å². The Morgan fingerprint density at radius 1 is 1.03 bits per heavy atom. The summed E-state index contributed by atoms with van der Waals surface area (Å²) in [5, 5.41) is 2.48. The van der Waals surface area contributed by atoms with E-state index >= 15 is 0 Å². The zero-order valence-corrected chi connectivity index (χ0v) is 14.9. The summed E-state index contributed by atoms with van der Waals surface area (Å²) in [6.45, 7) is -1.06. The minimum Gasteiger partial charge on any atom is -0.340 e. The largest absolute Gasteiger partial charge is 0.418 e. The van der Waals surface area contributed by atoms with Gasteiger partial charge in [0.1, 0.15) is 12.5 Å². The van der Waals surface area contributed by atoms with E-state index in [1.165, 1.54) is 18.2 Å². The quantitative estimate of drug-likeness (QED) is 0.590. The first kappa shape index (κ1) is 20.4. The molecule has 0 aliphatic heterocycles. The van der Waals surface area contributed by atoms with Crippen LogP contribution in [-0.4, -0.2) is 10.9 Å². The fourth-order valence-corrected chi connectivity index (χ4v) is 2.85. The molecule has 0 aliphatic carbocycles. The highest BCUT2D eigenvalue weighted by atomic mass is 19.4. The molecule has 29 heavy (non-hydrogen) atoms. The first-order chi connectivity index (χ1) is 13.8. The van der Waals surface area contributed by atoms with E-state index in [1.807, 2.05) is 0 Å². The lowest BCUT2D eigenvalue weighted by Gasteiger charge is -2.22. The molecule has 1 atom stereocenters. The van der Waals surface area contributed by atoms with Crippen LogP contribution in [0.4, 0.5) is 22.0 Å². The third kappa shape index (κ3) is 4.59. The summed E-state index contributed by atoms with van der Waals surface area (Å²) in [5.41, 5.74) is -1.57. The Balaban J connectivity index is 2.10. The Morgan fingerprint density at radius 2 is 1.76 bits per heavy atom. The van der Waals surface area contributed by atoms with E-state index in [0.29, 0.717) is 0 Å². The second-order valence-electron chi connectivity index (χ2n) is 6.19. The van der Waals surface area contributed by atoms with Crippen LogP contribution in [0.1, 0.15) is 38.8 Å². The van der Waals surface area contributed by atoms with Crippen molar-refractivity contribution in [3.8, 4) is 0 Å². The molecule has 0 fully saturated rings. The van der Waals surface area contributed by atoms with Crippen molar-refractivity contribution in [2.45, 2.75) is 18.9 Å². The minimum atomic E-state index is -4.74. The molecule has 2 aromatic carbocycles. The van der Waals surface area contributed by atoms with Crippen molar-refractivity contribution in [1.82, 2.24) is 10.3 Å². The van der Waals surface area contributed by atoms with Gasteiger partial charge in [-0.05, 0) is 35.9 Å². The maximum absolute atomic E-state index is 14.1. The number of rotatable bonds is 5. The maximum atomic E-state index is 14.1. The van der Waals surface area contributed by atoms with E-state index in [9.17, 15) is 26.7 Å². The van der Waals surface area contributed by atoms with E-state index in [4.69, 9.17) is 0 Å². The Hall–Kier alpha value is -3.29. The summed E-state index contributed by atoms with van der Waals surface area (Å²) >= 11 is 0. The van der Waals surface area contributed by atoms with Crippen LogP contribution in [0.5, 0.6) is 0 Å². The number of hydrogen-bond acceptors (Lipinski definition) is 2. The van der Waals surface area contributed by atoms with Crippen LogP contribution in [0.3, 0.4) is 0 Å². The number of aromatic nitrogens is 1. The molecule has 1 amide bonds. The number of halogens is 5. The topological polar surface area (TPSA) is 42.0 Å². The number of carbonyl (C=O) groups is 1. The molecule has 0 saturated carbocycles. The van der Waals surface area contributed by atoms with Gasteiger partial charge in [0.2, 0.25) is 0 Å². The molecule has 0 unspecified atom stereocenters. The smallest absolute Gasteiger partial charge is 0.340 e. The monoisotopic (exact) mass is 406 g/mol. The van der Waals surface area contributed by atoms with Gasteiger partial charge in [-0.1, -0.05) is 30.3 Å². The van der Waals surface area contributed by atoms with Crippen LogP contribution in [0.25, 0.3) is 0 Å². The molecule has 3 rings (SSSR count). The molecule has 3 nitrogen and oxygen atoms in total. The van der Waals surface area contributed by atoms with Crippen molar-refractivity contribution in [2.24, 2.45) is 0 Å². The van der Waals surface area contributed by atoms with Crippen molar-refractivity contribution in [3.63, 3.8) is 0 Å². The number of benzene rings is 2. The van der Waals surface area contributed by atoms with Gasteiger partial charge in [0.05, 0.1) is 17.3 Å². The van der Waals surface area contributed by atoms with Gasteiger partial charge in [-0.3, -0.25) is 9.78 Å². The molecule has 150 valence electrons. The second kappa shape index (κ2) is 8.38. The summed E-state index contributed by atoms with van der Waals surface area (Å²) in [6, 6.07) is 11.7. The van der Waals surface area contributed by atoms with Gasteiger partial charge < -0.3 is 5.32 Å². The van der Waals surface area contributed by atoms with Gasteiger partial charge in [-0.25, -0.2) is 8.78 Å². The van der Waals surface area contributed by atoms with Crippen LogP contribution in [0, 0.1) is 5.82 Å². The Labute approximate surface area is 163 Å². The average Bonchev–Trinajstić information content (AvgIpc) is 2.72. The molecular weight excluding hydrogens is 391 g/mol. The van der Waals surface area contributed by atoms with Gasteiger partial charge in [0.25, 0.3) is 5.91 Å². The predicted molar refractivity (Wildman–Crippen MR) is 96.2 cm³/mol. The third-order valence-electron chi connectivity index (χ3n) is 4.28. The number of hydrogen-bond donors (Lipinski definition) is 1. The lowest BCUT2D eigenvalue weighted by atomic mass is 9.97. The van der Waals surface area contributed by atoms with E-state index in [-0.39, 0.29) is 16.7 Å². The highest BCUT2D eigenvalue weighted by molar-refractivity contribution is 5.94. The first-order valence-corrected chi connectivity index (χ1v) is 8.53. The number of pyridine rings is 1. The summed E-state index contributed by atoms with van der Waals surface area (Å²) in [6.07, 6.45) is -3.59. The van der Waals surface area contributed by atoms with Crippen LogP contribution in [0.2, 0.25) is 0 Å². The van der Waals surface area contributed by atoms with Gasteiger partial charge >= 0.3 is 6.18 Å². The lowest BCUT2D eigenvalue weighted by Crippen LogP contribution is -2.31. The van der Waals surface area contributed by atoms with Gasteiger partial charge in [-0.15, -0.1) is 0 Å². The highest BCUT2D eigenvalue weighted by Gasteiger charge is 2.37. The molecule has 1 N–H and O–H groups in total. The number of alkyl halides is 4. The molecule has 8 heteroatoms. The molecule has 0 aliphatic rings. The van der Waals surface area contributed by atoms with Crippen LogP contribution in [0.15, 0.2) is 66.9 Å². The van der Waals surface area contributed by atoms with Crippen LogP contribution in [-0.2, 0) is 12.9 Å². The van der Waals surface area contributed by atoms with Crippen LogP contribution >= 0.6 is 0 Å². The first-order valence-electron chi connectivity index (χ1n) is 8.53. The van der Waals surface area contributed by atoms with Gasteiger partial charge in [-0.2, -0.15) is 13.2 Å². The number of nitrogens with zero attached hydrogens (tertiary/aromatic N) is 1. The highest BCUT2D eigenvalue weighted by Crippen LogP contribution is 2.35. The number of carbonyl (C=O) groups excluding carboxylic acids is 1. The van der Waals surface area contributed by atoms with Crippen molar-refractivity contribution < 1.29 is 26.7 Å². The van der Waals surface area contributed by atoms with E-state index < -0.39 is 41.9 Å². The predicted octanol–water partition coefficient (Wildman–Crippen LogP) is 5.23. The minimum absolute atomic E-state index is 0.00758. The molecule has 0 bridgehead atoms. The van der Waals surface area contributed by atoms with Gasteiger partial charge in [0, 0.05) is 17.3 Å². The molecule has 3 aromatic rings. The lowest BCUT2D eigenvalue weighted by molar-refractivity contribution is -0.138. The Kier molecular flexibility index (Phi) is 5.91.